The third-order valence-electron chi connectivity index (χ3n) is 4.50. The fraction of sp³-hybridized carbons (Fsp3) is 0.867. The van der Waals surface area contributed by atoms with Gasteiger partial charge in [-0.25, -0.2) is 0 Å². The molecule has 0 heterocycles. The van der Waals surface area contributed by atoms with Crippen LogP contribution in [0.25, 0.3) is 0 Å². The first-order valence-corrected chi connectivity index (χ1v) is 7.62. The Kier molecular flexibility index (Phi) is 16.3. The van der Waals surface area contributed by atoms with Gasteiger partial charge in [0.15, 0.2) is 0 Å². The fourth-order valence-corrected chi connectivity index (χ4v) is 2.59. The number of carbonyl (C=O) groups is 2. The Hall–Kier alpha value is 0.860. The Morgan fingerprint density at radius 1 is 1.00 bits per heavy atom. The second kappa shape index (κ2) is 13.1. The van der Waals surface area contributed by atoms with Crippen LogP contribution in [0.3, 0.4) is 0 Å². The van der Waals surface area contributed by atoms with Gasteiger partial charge in [-0.1, -0.05) is 45.4 Å². The van der Waals surface area contributed by atoms with Crippen LogP contribution in [0.15, 0.2) is 0 Å². The smallest absolute Gasteiger partial charge is 0.549 e. The van der Waals surface area contributed by atoms with Gasteiger partial charge in [0.25, 0.3) is 0 Å². The van der Waals surface area contributed by atoms with E-state index in [1.54, 1.807) is 0 Å². The van der Waals surface area contributed by atoms with Gasteiger partial charge >= 0.3 is 59.1 Å². The van der Waals surface area contributed by atoms with Crippen LogP contribution < -0.4 is 80.8 Å². The van der Waals surface area contributed by atoms with Gasteiger partial charge in [-0.15, -0.1) is 0 Å². The zero-order chi connectivity index (χ0) is 16.7. The average Bonchev–Trinajstić information content (AvgIpc) is 2.40. The molecule has 0 amide bonds. The summed E-state index contributed by atoms with van der Waals surface area (Å²) in [4.78, 5) is 22.6. The van der Waals surface area contributed by atoms with E-state index in [9.17, 15) is 19.8 Å². The molecule has 0 spiro atoms. The van der Waals surface area contributed by atoms with Crippen molar-refractivity contribution in [3.8, 4) is 0 Å². The molecule has 0 aromatic carbocycles. The summed E-state index contributed by atoms with van der Waals surface area (Å²) in [5.74, 6) is -3.51. The van der Waals surface area contributed by atoms with Crippen LogP contribution in [-0.2, 0) is 9.59 Å². The second-order valence-corrected chi connectivity index (χ2v) is 6.05. The number of nitrogens with two attached hydrogens (primary N) is 2. The number of rotatable bonds is 11. The first-order valence-electron chi connectivity index (χ1n) is 7.62. The Morgan fingerprint density at radius 2 is 1.39 bits per heavy atom. The molecule has 23 heavy (non-hydrogen) atoms. The van der Waals surface area contributed by atoms with Crippen LogP contribution in [0, 0.1) is 5.41 Å². The molecule has 2 atom stereocenters. The fourth-order valence-electron chi connectivity index (χ4n) is 2.59. The van der Waals surface area contributed by atoms with Gasteiger partial charge in [-0.2, -0.15) is 0 Å². The van der Waals surface area contributed by atoms with E-state index in [-0.39, 0.29) is 65.5 Å². The Bertz CT molecular complexity index is 353. The first-order chi connectivity index (χ1) is 9.64. The van der Waals surface area contributed by atoms with Crippen LogP contribution in [0.5, 0.6) is 0 Å². The summed E-state index contributed by atoms with van der Waals surface area (Å²) in [6, 6.07) is -0.811. The molecule has 0 aliphatic carbocycles. The van der Waals surface area contributed by atoms with Crippen LogP contribution in [0.2, 0.25) is 0 Å². The summed E-state index contributed by atoms with van der Waals surface area (Å²) in [7, 11) is 0. The van der Waals surface area contributed by atoms with E-state index in [0.29, 0.717) is 6.42 Å². The Balaban J connectivity index is -0.00000200. The average molecular weight is 346 g/mol. The van der Waals surface area contributed by atoms with E-state index >= 15 is 0 Å². The van der Waals surface area contributed by atoms with Crippen molar-refractivity contribution in [2.75, 3.05) is 0 Å². The summed E-state index contributed by atoms with van der Waals surface area (Å²) in [5.41, 5.74) is 7.97. The summed E-state index contributed by atoms with van der Waals surface area (Å²) < 4.78 is 0. The van der Waals surface area contributed by atoms with Gasteiger partial charge in [-0.05, 0) is 20.3 Å². The van der Waals surface area contributed by atoms with E-state index in [2.05, 4.69) is 6.92 Å². The molecular formula is C15H28N2Na2O4. The van der Waals surface area contributed by atoms with Crippen molar-refractivity contribution >= 4 is 11.9 Å². The maximum Gasteiger partial charge on any atom is 1.00 e. The van der Waals surface area contributed by atoms with E-state index in [4.69, 9.17) is 11.5 Å². The third kappa shape index (κ3) is 7.32. The molecule has 0 aliphatic heterocycles. The maximum atomic E-state index is 11.3. The minimum atomic E-state index is -2.31. The topological polar surface area (TPSA) is 132 Å². The van der Waals surface area contributed by atoms with Gasteiger partial charge in [0.05, 0.1) is 17.4 Å². The van der Waals surface area contributed by atoms with Gasteiger partial charge in [0.1, 0.15) is 0 Å². The van der Waals surface area contributed by atoms with Crippen molar-refractivity contribution in [2.45, 2.75) is 77.3 Å². The maximum absolute atomic E-state index is 11.3. The van der Waals surface area contributed by atoms with E-state index in [1.165, 1.54) is 6.92 Å². The molecular weight excluding hydrogens is 318 g/mol. The van der Waals surface area contributed by atoms with Crippen molar-refractivity contribution in [1.82, 2.24) is 0 Å². The van der Waals surface area contributed by atoms with Crippen molar-refractivity contribution in [1.29, 1.82) is 0 Å². The first kappa shape index (κ1) is 28.7. The van der Waals surface area contributed by atoms with Gasteiger partial charge in [0, 0.05) is 11.6 Å². The second-order valence-electron chi connectivity index (χ2n) is 6.05. The van der Waals surface area contributed by atoms with Crippen molar-refractivity contribution in [3.05, 3.63) is 0 Å². The van der Waals surface area contributed by atoms with Gasteiger partial charge in [0.2, 0.25) is 0 Å². The predicted molar refractivity (Wildman–Crippen MR) is 76.7 cm³/mol. The quantitative estimate of drug-likeness (QED) is 0.217. The molecule has 0 saturated carbocycles. The van der Waals surface area contributed by atoms with Crippen LogP contribution >= 0.6 is 0 Å². The molecule has 0 aliphatic rings. The van der Waals surface area contributed by atoms with Crippen molar-refractivity contribution < 1.29 is 78.9 Å². The number of carboxylic acids is 2. The zero-order valence-electron chi connectivity index (χ0n) is 15.3. The molecule has 0 bridgehead atoms. The summed E-state index contributed by atoms with van der Waals surface area (Å²) in [6.45, 7) is 4.66. The molecule has 0 aromatic rings. The summed E-state index contributed by atoms with van der Waals surface area (Å²) in [5, 5.41) is 22.6. The van der Waals surface area contributed by atoms with Crippen LogP contribution in [0.1, 0.15) is 65.7 Å². The molecule has 0 rings (SSSR count). The number of unbranched alkanes of at least 4 members (excludes halogenated alkanes) is 5. The number of carbonyl (C=O) groups excluding carboxylic acids is 2. The molecule has 6 nitrogen and oxygen atoms in total. The van der Waals surface area contributed by atoms with E-state index in [1.807, 2.05) is 0 Å². The molecule has 0 saturated heterocycles. The van der Waals surface area contributed by atoms with Crippen LogP contribution in [0.4, 0.5) is 0 Å². The van der Waals surface area contributed by atoms with Gasteiger partial charge in [-0.3, -0.25) is 0 Å². The minimum Gasteiger partial charge on any atom is -0.549 e. The van der Waals surface area contributed by atoms with Crippen molar-refractivity contribution in [2.24, 2.45) is 16.9 Å². The van der Waals surface area contributed by atoms with Crippen molar-refractivity contribution in [3.63, 3.8) is 0 Å². The summed E-state index contributed by atoms with van der Waals surface area (Å²) in [6.07, 6.45) is 6.08. The number of hydrogen-bond donors (Lipinski definition) is 2. The minimum absolute atomic E-state index is 0. The van der Waals surface area contributed by atoms with Gasteiger partial charge < -0.3 is 31.3 Å². The standard InChI is InChI=1S/C15H30N2O4.2Na/c1-4-5-6-7-8-9-10-15(17,11(2)16)14(3,12(18)19)13(20)21;;/h11H,4-10,16-17H2,1-3H3,(H,18,19)(H,20,21);;/q;2*+1/p-2. The monoisotopic (exact) mass is 346 g/mol. The number of aliphatic carboxylic acids is 2. The summed E-state index contributed by atoms with van der Waals surface area (Å²) >= 11 is 0. The molecule has 4 N–H and O–H groups in total. The SMILES string of the molecule is CCCCCCCCC(N)(C(C)N)C(C)(C(=O)[O-])C(=O)[O-].[Na+].[Na+]. The molecule has 0 fully saturated rings. The predicted octanol–water partition coefficient (Wildman–Crippen LogP) is -6.70. The molecule has 2 unspecified atom stereocenters. The Morgan fingerprint density at radius 3 is 1.74 bits per heavy atom. The van der Waals surface area contributed by atoms with E-state index in [0.717, 1.165) is 39.0 Å². The number of hydrogen-bond acceptors (Lipinski definition) is 6. The molecule has 8 heteroatoms. The van der Waals surface area contributed by atoms with E-state index < -0.39 is 28.9 Å². The largest absolute Gasteiger partial charge is 1.00 e. The third-order valence-corrected chi connectivity index (χ3v) is 4.50. The molecule has 124 valence electrons. The molecule has 0 aromatic heterocycles. The Labute approximate surface area is 183 Å². The normalized spacial score (nSPS) is 14.8. The van der Waals surface area contributed by atoms with Crippen LogP contribution in [-0.4, -0.2) is 23.5 Å². The number of carboxylic acid groups (broad SMARTS) is 2. The molecule has 0 radical (unpaired) electrons. The zero-order valence-corrected chi connectivity index (χ0v) is 19.3.